The smallest absolute Gasteiger partial charge is 0.325 e. The lowest BCUT2D eigenvalue weighted by molar-refractivity contribution is -0.142. The fourth-order valence-corrected chi connectivity index (χ4v) is 4.03. The van der Waals surface area contributed by atoms with Gasteiger partial charge in [0, 0.05) is 23.5 Å². The van der Waals surface area contributed by atoms with E-state index >= 15 is 0 Å². The largest absolute Gasteiger partial charge is 0.480 e. The second kappa shape index (κ2) is 13.2. The maximum absolute atomic E-state index is 13.2. The zero-order valence-corrected chi connectivity index (χ0v) is 21.3. The van der Waals surface area contributed by atoms with Crippen LogP contribution >= 0.6 is 0 Å². The van der Waals surface area contributed by atoms with E-state index in [-0.39, 0.29) is 12.8 Å². The first-order valence-corrected chi connectivity index (χ1v) is 12.3. The molecule has 3 rings (SSSR count). The van der Waals surface area contributed by atoms with Gasteiger partial charge in [-0.1, -0.05) is 48.5 Å². The molecule has 4 amide bonds. The molecule has 4 atom stereocenters. The molecule has 9 N–H and O–H groups in total. The summed E-state index contributed by atoms with van der Waals surface area (Å²) in [6.07, 6.45) is 1.40. The maximum Gasteiger partial charge on any atom is 0.325 e. The number of primary amides is 1. The van der Waals surface area contributed by atoms with Crippen LogP contribution in [0.4, 0.5) is 0 Å². The van der Waals surface area contributed by atoms with Gasteiger partial charge in [-0.2, -0.15) is 0 Å². The molecule has 0 aliphatic heterocycles. The zero-order chi connectivity index (χ0) is 28.5. The minimum atomic E-state index is -1.41. The molecule has 0 fully saturated rings. The fraction of sp³-hybridized carbons (Fsp3) is 0.296. The van der Waals surface area contributed by atoms with Gasteiger partial charge in [-0.3, -0.25) is 24.0 Å². The first-order valence-electron chi connectivity index (χ1n) is 12.3. The Morgan fingerprint density at radius 3 is 2.13 bits per heavy atom. The van der Waals surface area contributed by atoms with Gasteiger partial charge < -0.3 is 37.5 Å². The van der Waals surface area contributed by atoms with Gasteiger partial charge in [0.15, 0.2) is 0 Å². The van der Waals surface area contributed by atoms with Crippen LogP contribution in [0.15, 0.2) is 60.8 Å². The summed E-state index contributed by atoms with van der Waals surface area (Å²) in [7, 11) is 0. The summed E-state index contributed by atoms with van der Waals surface area (Å²) in [5, 5.41) is 17.4. The molecule has 0 saturated heterocycles. The summed E-state index contributed by atoms with van der Waals surface area (Å²) in [6, 6.07) is 11.4. The van der Waals surface area contributed by atoms with E-state index < -0.39 is 60.2 Å². The summed E-state index contributed by atoms with van der Waals surface area (Å²) < 4.78 is 0. The molecule has 0 radical (unpaired) electrons. The van der Waals surface area contributed by atoms with Crippen LogP contribution in [0.2, 0.25) is 0 Å². The molecule has 3 aromatic rings. The van der Waals surface area contributed by atoms with E-state index in [0.29, 0.717) is 5.56 Å². The van der Waals surface area contributed by atoms with Crippen LogP contribution in [0.1, 0.15) is 24.5 Å². The lowest BCUT2D eigenvalue weighted by Gasteiger charge is -2.24. The standard InChI is InChI=1S/C27H32N6O6/c1-15(27(38)39)31-25(36)21(11-16-7-3-2-4-8-16)33-26(37)22(13-23(29)34)32-24(35)19(28)12-17-14-30-20-10-6-5-9-18(17)20/h2-10,14-15,19,21-22,30H,11-13,28H2,1H3,(H2,29,34)(H,31,36)(H,32,35)(H,33,37)(H,38,39). The number of hydrogen-bond acceptors (Lipinski definition) is 6. The predicted octanol–water partition coefficient (Wildman–Crippen LogP) is -0.285. The van der Waals surface area contributed by atoms with E-state index in [0.717, 1.165) is 16.5 Å². The number of fused-ring (bicyclic) bond motifs is 1. The number of nitrogens with one attached hydrogen (secondary N) is 4. The quantitative estimate of drug-likeness (QED) is 0.155. The van der Waals surface area contributed by atoms with Crippen molar-refractivity contribution in [1.29, 1.82) is 0 Å². The molecule has 12 heteroatoms. The summed E-state index contributed by atoms with van der Waals surface area (Å²) >= 11 is 0. The molecule has 1 aromatic heterocycles. The second-order valence-electron chi connectivity index (χ2n) is 9.22. The van der Waals surface area contributed by atoms with Crippen LogP contribution < -0.4 is 27.4 Å². The summed E-state index contributed by atoms with van der Waals surface area (Å²) in [5.41, 5.74) is 13.8. The Morgan fingerprint density at radius 2 is 1.46 bits per heavy atom. The highest BCUT2D eigenvalue weighted by Gasteiger charge is 2.30. The third-order valence-electron chi connectivity index (χ3n) is 6.13. The molecule has 4 unspecified atom stereocenters. The van der Waals surface area contributed by atoms with Gasteiger partial charge in [-0.05, 0) is 30.5 Å². The number of nitrogens with two attached hydrogens (primary N) is 2. The van der Waals surface area contributed by atoms with Crippen molar-refractivity contribution in [2.75, 3.05) is 0 Å². The van der Waals surface area contributed by atoms with E-state index in [2.05, 4.69) is 20.9 Å². The number of carbonyl (C=O) groups excluding carboxylic acids is 4. The topological polar surface area (TPSA) is 209 Å². The molecule has 0 aliphatic rings. The van der Waals surface area contributed by atoms with Crippen molar-refractivity contribution in [3.8, 4) is 0 Å². The number of H-pyrrole nitrogens is 1. The Labute approximate surface area is 224 Å². The van der Waals surface area contributed by atoms with Gasteiger partial charge in [0.2, 0.25) is 23.6 Å². The van der Waals surface area contributed by atoms with Gasteiger partial charge in [-0.15, -0.1) is 0 Å². The number of aromatic amines is 1. The van der Waals surface area contributed by atoms with Crippen molar-refractivity contribution < 1.29 is 29.1 Å². The van der Waals surface area contributed by atoms with E-state index in [1.807, 2.05) is 24.3 Å². The van der Waals surface area contributed by atoms with Crippen LogP contribution in [0.25, 0.3) is 10.9 Å². The van der Waals surface area contributed by atoms with E-state index in [1.54, 1.807) is 36.5 Å². The number of carbonyl (C=O) groups is 5. The van der Waals surface area contributed by atoms with Crippen molar-refractivity contribution in [3.05, 3.63) is 71.9 Å². The van der Waals surface area contributed by atoms with E-state index in [9.17, 15) is 24.0 Å². The summed E-state index contributed by atoms with van der Waals surface area (Å²) in [6.45, 7) is 1.28. The third-order valence-corrected chi connectivity index (χ3v) is 6.13. The lowest BCUT2D eigenvalue weighted by atomic mass is 10.0. The first-order chi connectivity index (χ1) is 18.5. The number of rotatable bonds is 13. The monoisotopic (exact) mass is 536 g/mol. The normalized spacial score (nSPS) is 14.0. The third kappa shape index (κ3) is 8.14. The van der Waals surface area contributed by atoms with Gasteiger partial charge in [0.05, 0.1) is 12.5 Å². The minimum Gasteiger partial charge on any atom is -0.480 e. The van der Waals surface area contributed by atoms with Gasteiger partial charge in [0.25, 0.3) is 0 Å². The van der Waals surface area contributed by atoms with Crippen LogP contribution in [0.5, 0.6) is 0 Å². The highest BCUT2D eigenvalue weighted by atomic mass is 16.4. The molecule has 39 heavy (non-hydrogen) atoms. The second-order valence-corrected chi connectivity index (χ2v) is 9.22. The molecular formula is C27H32N6O6. The van der Waals surface area contributed by atoms with E-state index in [1.165, 1.54) is 6.92 Å². The number of carboxylic acids is 1. The molecule has 0 spiro atoms. The van der Waals surface area contributed by atoms with Gasteiger partial charge in [0.1, 0.15) is 18.1 Å². The van der Waals surface area contributed by atoms with Crippen LogP contribution in [-0.2, 0) is 36.8 Å². The Kier molecular flexibility index (Phi) is 9.76. The number of hydrogen-bond donors (Lipinski definition) is 7. The average Bonchev–Trinajstić information content (AvgIpc) is 3.30. The number of aromatic nitrogens is 1. The number of amides is 4. The van der Waals surface area contributed by atoms with Crippen molar-refractivity contribution >= 4 is 40.5 Å². The molecular weight excluding hydrogens is 504 g/mol. The number of carboxylic acid groups (broad SMARTS) is 1. The van der Waals surface area contributed by atoms with Gasteiger partial charge in [-0.25, -0.2) is 0 Å². The molecule has 1 heterocycles. The molecule has 0 aliphatic carbocycles. The predicted molar refractivity (Wildman–Crippen MR) is 143 cm³/mol. The number of benzene rings is 2. The van der Waals surface area contributed by atoms with E-state index in [4.69, 9.17) is 16.6 Å². The highest BCUT2D eigenvalue weighted by Crippen LogP contribution is 2.18. The molecule has 0 saturated carbocycles. The lowest BCUT2D eigenvalue weighted by Crippen LogP contribution is -2.58. The maximum atomic E-state index is 13.2. The summed E-state index contributed by atoms with van der Waals surface area (Å²) in [4.78, 5) is 65.0. The first kappa shape index (κ1) is 28.9. The van der Waals surface area contributed by atoms with Crippen LogP contribution in [0, 0.1) is 0 Å². The molecule has 2 aromatic carbocycles. The van der Waals surface area contributed by atoms with Crippen LogP contribution in [0.3, 0.4) is 0 Å². The molecule has 0 bridgehead atoms. The Morgan fingerprint density at radius 1 is 0.846 bits per heavy atom. The molecule has 206 valence electrons. The fourth-order valence-electron chi connectivity index (χ4n) is 4.03. The van der Waals surface area contributed by atoms with Crippen LogP contribution in [-0.4, -0.2) is 63.9 Å². The highest BCUT2D eigenvalue weighted by molar-refractivity contribution is 5.96. The van der Waals surface area contributed by atoms with Crippen molar-refractivity contribution in [1.82, 2.24) is 20.9 Å². The Balaban J connectivity index is 1.73. The van der Waals surface area contributed by atoms with Crippen molar-refractivity contribution in [2.24, 2.45) is 11.5 Å². The Hall–Kier alpha value is -4.71. The molecule has 12 nitrogen and oxygen atoms in total. The van der Waals surface area contributed by atoms with Gasteiger partial charge >= 0.3 is 5.97 Å². The number of aliphatic carboxylic acids is 1. The Bertz CT molecular complexity index is 1340. The van der Waals surface area contributed by atoms with Crippen molar-refractivity contribution in [2.45, 2.75) is 50.4 Å². The average molecular weight is 537 g/mol. The van der Waals surface area contributed by atoms with Crippen molar-refractivity contribution in [3.63, 3.8) is 0 Å². The SMILES string of the molecule is CC(NC(=O)C(Cc1ccccc1)NC(=O)C(CC(N)=O)NC(=O)C(N)Cc1c[nH]c2ccccc12)C(=O)O. The zero-order valence-electron chi connectivity index (χ0n) is 21.3. The number of para-hydroxylation sites is 1. The summed E-state index contributed by atoms with van der Waals surface area (Å²) in [5.74, 6) is -4.39. The minimum absolute atomic E-state index is 0.0298.